The molecule has 0 bridgehead atoms. The van der Waals surface area contributed by atoms with E-state index >= 15 is 0 Å². The van der Waals surface area contributed by atoms with E-state index in [1.165, 1.54) is 0 Å². The predicted molar refractivity (Wildman–Crippen MR) is 79.5 cm³/mol. The summed E-state index contributed by atoms with van der Waals surface area (Å²) < 4.78 is 1.77. The summed E-state index contributed by atoms with van der Waals surface area (Å²) in [6, 6.07) is 13.7. The van der Waals surface area contributed by atoms with Crippen LogP contribution in [0.25, 0.3) is 16.7 Å². The monoisotopic (exact) mass is 268 g/mol. The lowest BCUT2D eigenvalue weighted by molar-refractivity contribution is 0.822. The van der Waals surface area contributed by atoms with Gasteiger partial charge in [-0.05, 0) is 31.2 Å². The second kappa shape index (κ2) is 4.44. The van der Waals surface area contributed by atoms with E-state index in [0.717, 1.165) is 27.8 Å². The molecule has 3 rings (SSSR count). The molecule has 5 heteroatoms. The number of para-hydroxylation sites is 1. The lowest BCUT2D eigenvalue weighted by Crippen LogP contribution is -2.14. The second-order valence-corrected chi connectivity index (χ2v) is 4.81. The Kier molecular flexibility index (Phi) is 2.76. The number of thiocarbonyl (C=S) groups is 1. The molecule has 0 aliphatic rings. The molecular weight excluding hydrogens is 256 g/mol. The van der Waals surface area contributed by atoms with E-state index in [0.29, 0.717) is 4.99 Å². The Labute approximate surface area is 115 Å². The van der Waals surface area contributed by atoms with E-state index in [1.54, 1.807) is 4.68 Å². The summed E-state index contributed by atoms with van der Waals surface area (Å²) in [5.41, 5.74) is 10.4. The van der Waals surface area contributed by atoms with Crippen molar-refractivity contribution >= 4 is 28.2 Å². The minimum Gasteiger partial charge on any atom is -0.389 e. The lowest BCUT2D eigenvalue weighted by Gasteiger charge is -2.09. The van der Waals surface area contributed by atoms with Gasteiger partial charge in [0.05, 0.1) is 11.2 Å². The quantitative estimate of drug-likeness (QED) is 0.725. The third-order valence-corrected chi connectivity index (χ3v) is 3.22. The molecule has 19 heavy (non-hydrogen) atoms. The molecule has 0 aliphatic heterocycles. The van der Waals surface area contributed by atoms with Crippen LogP contribution >= 0.6 is 12.2 Å². The van der Waals surface area contributed by atoms with E-state index in [1.807, 2.05) is 49.4 Å². The number of aryl methyl sites for hydroxylation is 1. The van der Waals surface area contributed by atoms with E-state index in [9.17, 15) is 0 Å². The molecule has 94 valence electrons. The van der Waals surface area contributed by atoms with Gasteiger partial charge in [0.15, 0.2) is 0 Å². The van der Waals surface area contributed by atoms with E-state index < -0.39 is 0 Å². The summed E-state index contributed by atoms with van der Waals surface area (Å²) in [5.74, 6) is 0. The summed E-state index contributed by atoms with van der Waals surface area (Å²) in [6.45, 7) is 2.00. The molecule has 1 heterocycles. The highest BCUT2D eigenvalue weighted by Crippen LogP contribution is 2.20. The van der Waals surface area contributed by atoms with Gasteiger partial charge in [-0.25, -0.2) is 4.68 Å². The van der Waals surface area contributed by atoms with Gasteiger partial charge in [-0.1, -0.05) is 41.2 Å². The number of hydrogen-bond acceptors (Lipinski definition) is 3. The zero-order chi connectivity index (χ0) is 13.4. The molecule has 4 nitrogen and oxygen atoms in total. The Morgan fingerprint density at radius 3 is 2.79 bits per heavy atom. The Balaban J connectivity index is 2.30. The van der Waals surface area contributed by atoms with Gasteiger partial charge >= 0.3 is 0 Å². The number of fused-ring (bicyclic) bond motifs is 1. The normalized spacial score (nSPS) is 10.8. The van der Waals surface area contributed by atoms with Crippen molar-refractivity contribution in [3.63, 3.8) is 0 Å². The van der Waals surface area contributed by atoms with Crippen LogP contribution in [0.5, 0.6) is 0 Å². The molecule has 1 aromatic heterocycles. The second-order valence-electron chi connectivity index (χ2n) is 4.37. The maximum Gasteiger partial charge on any atom is 0.113 e. The molecule has 0 saturated carbocycles. The molecule has 3 aromatic rings. The van der Waals surface area contributed by atoms with Gasteiger partial charge in [-0.3, -0.25) is 0 Å². The van der Waals surface area contributed by atoms with Crippen LogP contribution in [-0.2, 0) is 0 Å². The maximum absolute atomic E-state index is 5.80. The van der Waals surface area contributed by atoms with Gasteiger partial charge in [0, 0.05) is 5.56 Å². The molecular formula is C14H12N4S. The van der Waals surface area contributed by atoms with Crippen molar-refractivity contribution in [2.45, 2.75) is 6.92 Å². The van der Waals surface area contributed by atoms with Crippen LogP contribution in [0.3, 0.4) is 0 Å². The largest absolute Gasteiger partial charge is 0.389 e. The Morgan fingerprint density at radius 1 is 1.21 bits per heavy atom. The van der Waals surface area contributed by atoms with Crippen LogP contribution in [-0.4, -0.2) is 20.0 Å². The van der Waals surface area contributed by atoms with Crippen LogP contribution in [0, 0.1) is 6.92 Å². The van der Waals surface area contributed by atoms with Gasteiger partial charge in [-0.15, -0.1) is 5.10 Å². The van der Waals surface area contributed by atoms with Crippen molar-refractivity contribution < 1.29 is 0 Å². The topological polar surface area (TPSA) is 56.7 Å². The smallest absolute Gasteiger partial charge is 0.113 e. The summed E-state index contributed by atoms with van der Waals surface area (Å²) in [4.78, 5) is 0.360. The van der Waals surface area contributed by atoms with E-state index in [-0.39, 0.29) is 0 Å². The van der Waals surface area contributed by atoms with Crippen LogP contribution in [0.1, 0.15) is 11.1 Å². The van der Waals surface area contributed by atoms with E-state index in [4.69, 9.17) is 18.0 Å². The highest BCUT2D eigenvalue weighted by molar-refractivity contribution is 7.80. The van der Waals surface area contributed by atoms with Gasteiger partial charge < -0.3 is 5.73 Å². The van der Waals surface area contributed by atoms with Crippen molar-refractivity contribution in [3.8, 4) is 5.69 Å². The zero-order valence-corrected chi connectivity index (χ0v) is 11.2. The minimum atomic E-state index is 0.360. The first-order valence-corrected chi connectivity index (χ1v) is 6.29. The Hall–Kier alpha value is -2.27. The number of rotatable bonds is 2. The van der Waals surface area contributed by atoms with E-state index in [2.05, 4.69) is 10.3 Å². The number of hydrogen-bond donors (Lipinski definition) is 1. The fraction of sp³-hybridized carbons (Fsp3) is 0.0714. The Morgan fingerprint density at radius 2 is 2.00 bits per heavy atom. The number of nitrogens with zero attached hydrogens (tertiary/aromatic N) is 3. The van der Waals surface area contributed by atoms with Crippen LogP contribution < -0.4 is 5.73 Å². The van der Waals surface area contributed by atoms with Crippen molar-refractivity contribution in [1.29, 1.82) is 0 Å². The minimum absolute atomic E-state index is 0.360. The van der Waals surface area contributed by atoms with Gasteiger partial charge in [0.2, 0.25) is 0 Å². The summed E-state index contributed by atoms with van der Waals surface area (Å²) in [6.07, 6.45) is 0. The number of benzene rings is 2. The molecule has 0 aliphatic carbocycles. The lowest BCUT2D eigenvalue weighted by atomic mass is 10.1. The summed E-state index contributed by atoms with van der Waals surface area (Å²) >= 11 is 5.12. The molecule has 0 unspecified atom stereocenters. The summed E-state index contributed by atoms with van der Waals surface area (Å²) in [5, 5.41) is 8.34. The molecule has 0 saturated heterocycles. The first-order valence-electron chi connectivity index (χ1n) is 5.88. The highest BCUT2D eigenvalue weighted by atomic mass is 32.1. The van der Waals surface area contributed by atoms with Crippen molar-refractivity contribution in [1.82, 2.24) is 15.0 Å². The molecule has 0 amide bonds. The SMILES string of the molecule is Cc1ccc(-n2nnc3ccccc32)c(C(N)=S)c1. The van der Waals surface area contributed by atoms with Gasteiger partial charge in [0.1, 0.15) is 10.5 Å². The van der Waals surface area contributed by atoms with Crippen LogP contribution in [0.2, 0.25) is 0 Å². The molecule has 0 radical (unpaired) electrons. The van der Waals surface area contributed by atoms with Crippen molar-refractivity contribution in [2.24, 2.45) is 5.73 Å². The maximum atomic E-state index is 5.80. The molecule has 2 aromatic carbocycles. The fourth-order valence-corrected chi connectivity index (χ4v) is 2.24. The first-order chi connectivity index (χ1) is 9.16. The average molecular weight is 268 g/mol. The fourth-order valence-electron chi connectivity index (χ4n) is 2.08. The molecule has 0 spiro atoms. The zero-order valence-electron chi connectivity index (χ0n) is 10.4. The third kappa shape index (κ3) is 1.98. The predicted octanol–water partition coefficient (Wildman–Crippen LogP) is 2.36. The number of aromatic nitrogens is 3. The van der Waals surface area contributed by atoms with Gasteiger partial charge in [-0.2, -0.15) is 0 Å². The Bertz CT molecular complexity index is 776. The van der Waals surface area contributed by atoms with Gasteiger partial charge in [0.25, 0.3) is 0 Å². The third-order valence-electron chi connectivity index (χ3n) is 3.00. The standard InChI is InChI=1S/C14H12N4S/c1-9-6-7-12(10(8-9)14(15)19)18-13-5-3-2-4-11(13)16-17-18/h2-8H,1H3,(H2,15,19). The first kappa shape index (κ1) is 11.8. The molecule has 2 N–H and O–H groups in total. The highest BCUT2D eigenvalue weighted by Gasteiger charge is 2.11. The number of nitrogens with two attached hydrogens (primary N) is 1. The van der Waals surface area contributed by atoms with Crippen LogP contribution in [0.15, 0.2) is 42.5 Å². The molecule has 0 atom stereocenters. The molecule has 0 fully saturated rings. The van der Waals surface area contributed by atoms with Crippen molar-refractivity contribution in [3.05, 3.63) is 53.6 Å². The summed E-state index contributed by atoms with van der Waals surface area (Å²) in [7, 11) is 0. The van der Waals surface area contributed by atoms with Crippen LogP contribution in [0.4, 0.5) is 0 Å². The van der Waals surface area contributed by atoms with Crippen molar-refractivity contribution in [2.75, 3.05) is 0 Å². The average Bonchev–Trinajstić information content (AvgIpc) is 2.82.